The molecule has 2 rings (SSSR count). The van der Waals surface area contributed by atoms with E-state index in [-0.39, 0.29) is 0 Å². The van der Waals surface area contributed by atoms with Crippen LogP contribution in [0.25, 0.3) is 0 Å². The van der Waals surface area contributed by atoms with Crippen LogP contribution in [0.1, 0.15) is 25.7 Å². The molecule has 76 valence electrons. The average Bonchev–Trinajstić information content (AvgIpc) is 2.21. The normalized spacial score (nSPS) is 27.7. The largest absolute Gasteiger partial charge is 0.317 e. The molecule has 3 heteroatoms. The quantitative estimate of drug-likeness (QED) is 0.701. The fourth-order valence-electron chi connectivity index (χ4n) is 2.14. The van der Waals surface area contributed by atoms with Crippen molar-refractivity contribution in [2.45, 2.75) is 36.2 Å². The molecule has 0 amide bonds. The summed E-state index contributed by atoms with van der Waals surface area (Å²) in [6.45, 7) is 4.95. The Bertz CT molecular complexity index is 124. The molecule has 2 nitrogen and oxygen atoms in total. The van der Waals surface area contributed by atoms with E-state index in [1.165, 1.54) is 51.9 Å². The van der Waals surface area contributed by atoms with Crippen molar-refractivity contribution in [2.24, 2.45) is 0 Å². The number of nitrogens with one attached hydrogen (secondary N) is 2. The first-order valence-corrected chi connectivity index (χ1v) is 6.46. The second-order valence-electron chi connectivity index (χ2n) is 4.03. The molecule has 2 saturated heterocycles. The summed E-state index contributed by atoms with van der Waals surface area (Å²) in [6.07, 6.45) is 5.53. The van der Waals surface area contributed by atoms with Gasteiger partial charge in [0, 0.05) is 10.5 Å². The van der Waals surface area contributed by atoms with Crippen LogP contribution in [0.2, 0.25) is 0 Å². The van der Waals surface area contributed by atoms with E-state index >= 15 is 0 Å². The van der Waals surface area contributed by atoms with Gasteiger partial charge in [-0.1, -0.05) is 0 Å². The van der Waals surface area contributed by atoms with Crippen LogP contribution >= 0.6 is 11.8 Å². The molecule has 13 heavy (non-hydrogen) atoms. The Labute approximate surface area is 85.2 Å². The first kappa shape index (κ1) is 9.81. The maximum Gasteiger partial charge on any atom is 0.00739 e. The van der Waals surface area contributed by atoms with Crippen LogP contribution in [0.3, 0.4) is 0 Å². The Balaban J connectivity index is 1.69. The molecule has 0 aromatic heterocycles. The second-order valence-corrected chi connectivity index (χ2v) is 5.64. The molecule has 0 aromatic rings. The van der Waals surface area contributed by atoms with E-state index in [0.29, 0.717) is 0 Å². The van der Waals surface area contributed by atoms with Crippen molar-refractivity contribution in [2.75, 3.05) is 26.2 Å². The van der Waals surface area contributed by atoms with Gasteiger partial charge < -0.3 is 10.6 Å². The van der Waals surface area contributed by atoms with Crippen molar-refractivity contribution in [1.82, 2.24) is 10.6 Å². The third kappa shape index (κ3) is 3.15. The number of thioether (sulfide) groups is 1. The lowest BCUT2D eigenvalue weighted by atomic mass is 10.1. The van der Waals surface area contributed by atoms with Crippen LogP contribution < -0.4 is 10.6 Å². The van der Waals surface area contributed by atoms with E-state index in [0.717, 1.165) is 10.5 Å². The van der Waals surface area contributed by atoms with E-state index < -0.39 is 0 Å². The summed E-state index contributed by atoms with van der Waals surface area (Å²) in [5, 5.41) is 8.75. The van der Waals surface area contributed by atoms with Gasteiger partial charge in [0.1, 0.15) is 0 Å². The zero-order valence-corrected chi connectivity index (χ0v) is 9.04. The Morgan fingerprint density at radius 3 is 1.46 bits per heavy atom. The summed E-state index contributed by atoms with van der Waals surface area (Å²) in [5.74, 6) is 0. The monoisotopic (exact) mass is 200 g/mol. The topological polar surface area (TPSA) is 24.1 Å². The molecule has 2 aliphatic heterocycles. The summed E-state index contributed by atoms with van der Waals surface area (Å²) in [5.41, 5.74) is 0. The minimum atomic E-state index is 0.948. The van der Waals surface area contributed by atoms with Gasteiger partial charge in [-0.2, -0.15) is 11.8 Å². The molecule has 2 fully saturated rings. The van der Waals surface area contributed by atoms with Crippen molar-refractivity contribution >= 4 is 11.8 Å². The molecule has 0 aliphatic carbocycles. The van der Waals surface area contributed by atoms with E-state index in [1.807, 2.05) is 0 Å². The highest BCUT2D eigenvalue weighted by atomic mass is 32.2. The maximum absolute atomic E-state index is 3.43. The fraction of sp³-hybridized carbons (Fsp3) is 1.00. The van der Waals surface area contributed by atoms with Gasteiger partial charge >= 0.3 is 0 Å². The van der Waals surface area contributed by atoms with Crippen LogP contribution in [0.5, 0.6) is 0 Å². The minimum absolute atomic E-state index is 0.948. The second kappa shape index (κ2) is 5.23. The smallest absolute Gasteiger partial charge is 0.00739 e. The van der Waals surface area contributed by atoms with Crippen molar-refractivity contribution < 1.29 is 0 Å². The number of hydrogen-bond acceptors (Lipinski definition) is 3. The SMILES string of the molecule is C1CC(SC2CCNCC2)CCN1. The van der Waals surface area contributed by atoms with Gasteiger partial charge in [-0.25, -0.2) is 0 Å². The molecule has 0 atom stereocenters. The summed E-state index contributed by atoms with van der Waals surface area (Å²) in [6, 6.07) is 0. The van der Waals surface area contributed by atoms with E-state index in [9.17, 15) is 0 Å². The predicted octanol–water partition coefficient (Wildman–Crippen LogP) is 1.22. The van der Waals surface area contributed by atoms with Crippen LogP contribution in [-0.4, -0.2) is 36.7 Å². The fourth-order valence-corrected chi connectivity index (χ4v) is 3.70. The highest BCUT2D eigenvalue weighted by Gasteiger charge is 2.20. The third-order valence-electron chi connectivity index (χ3n) is 2.96. The lowest BCUT2D eigenvalue weighted by Crippen LogP contribution is -2.33. The van der Waals surface area contributed by atoms with Gasteiger partial charge in [0.2, 0.25) is 0 Å². The zero-order chi connectivity index (χ0) is 8.93. The molecule has 0 radical (unpaired) electrons. The Morgan fingerprint density at radius 1 is 0.692 bits per heavy atom. The number of piperidine rings is 2. The minimum Gasteiger partial charge on any atom is -0.317 e. The van der Waals surface area contributed by atoms with Crippen LogP contribution in [-0.2, 0) is 0 Å². The van der Waals surface area contributed by atoms with Crippen molar-refractivity contribution in [3.05, 3.63) is 0 Å². The van der Waals surface area contributed by atoms with E-state index in [4.69, 9.17) is 0 Å². The first-order chi connectivity index (χ1) is 6.45. The Hall–Kier alpha value is 0.270. The summed E-state index contributed by atoms with van der Waals surface area (Å²) in [7, 11) is 0. The Morgan fingerprint density at radius 2 is 1.08 bits per heavy atom. The van der Waals surface area contributed by atoms with Crippen LogP contribution in [0.15, 0.2) is 0 Å². The van der Waals surface area contributed by atoms with Crippen LogP contribution in [0, 0.1) is 0 Å². The third-order valence-corrected chi connectivity index (χ3v) is 4.67. The first-order valence-electron chi connectivity index (χ1n) is 5.52. The molecule has 0 bridgehead atoms. The molecular weight excluding hydrogens is 180 g/mol. The van der Waals surface area contributed by atoms with Gasteiger partial charge in [0.05, 0.1) is 0 Å². The van der Waals surface area contributed by atoms with E-state index in [2.05, 4.69) is 22.4 Å². The zero-order valence-electron chi connectivity index (χ0n) is 8.22. The molecule has 2 N–H and O–H groups in total. The number of hydrogen-bond donors (Lipinski definition) is 2. The maximum atomic E-state index is 3.43. The average molecular weight is 200 g/mol. The molecule has 0 aromatic carbocycles. The van der Waals surface area contributed by atoms with E-state index in [1.54, 1.807) is 0 Å². The lowest BCUT2D eigenvalue weighted by Gasteiger charge is -2.29. The standard InChI is InChI=1S/C10H20N2S/c1-5-11-6-2-9(1)13-10-3-7-12-8-4-10/h9-12H,1-8H2. The van der Waals surface area contributed by atoms with Gasteiger partial charge in [0.15, 0.2) is 0 Å². The van der Waals surface area contributed by atoms with Crippen molar-refractivity contribution in [3.63, 3.8) is 0 Å². The van der Waals surface area contributed by atoms with Crippen LogP contribution in [0.4, 0.5) is 0 Å². The lowest BCUT2D eigenvalue weighted by molar-refractivity contribution is 0.511. The molecule has 2 aliphatic rings. The Kier molecular flexibility index (Phi) is 3.94. The van der Waals surface area contributed by atoms with Crippen molar-refractivity contribution in [1.29, 1.82) is 0 Å². The molecule has 0 unspecified atom stereocenters. The highest BCUT2D eigenvalue weighted by Crippen LogP contribution is 2.29. The predicted molar refractivity (Wildman–Crippen MR) is 59.4 cm³/mol. The van der Waals surface area contributed by atoms with Crippen molar-refractivity contribution in [3.8, 4) is 0 Å². The molecule has 0 saturated carbocycles. The molecule has 0 spiro atoms. The van der Waals surface area contributed by atoms with Gasteiger partial charge in [-0.15, -0.1) is 0 Å². The summed E-state index contributed by atoms with van der Waals surface area (Å²) in [4.78, 5) is 0. The summed E-state index contributed by atoms with van der Waals surface area (Å²) >= 11 is 2.26. The van der Waals surface area contributed by atoms with Gasteiger partial charge in [-0.3, -0.25) is 0 Å². The van der Waals surface area contributed by atoms with Gasteiger partial charge in [0.25, 0.3) is 0 Å². The summed E-state index contributed by atoms with van der Waals surface area (Å²) < 4.78 is 0. The molecule has 2 heterocycles. The highest BCUT2D eigenvalue weighted by molar-refractivity contribution is 8.00. The van der Waals surface area contributed by atoms with Gasteiger partial charge in [-0.05, 0) is 51.9 Å². The molecular formula is C10H20N2S. The number of rotatable bonds is 2.